The van der Waals surface area contributed by atoms with Crippen LogP contribution in [0.1, 0.15) is 49.8 Å². The first-order valence-corrected chi connectivity index (χ1v) is 10.3. The van der Waals surface area contributed by atoms with Crippen LogP contribution in [0.25, 0.3) is 5.65 Å². The smallest absolute Gasteiger partial charge is 0.340 e. The molecule has 0 aromatic carbocycles. The molecule has 0 spiro atoms. The van der Waals surface area contributed by atoms with E-state index in [4.69, 9.17) is 4.74 Å². The molecule has 0 aliphatic carbocycles. The van der Waals surface area contributed by atoms with Gasteiger partial charge in [-0.3, -0.25) is 14.0 Å². The summed E-state index contributed by atoms with van der Waals surface area (Å²) in [5.41, 5.74) is 3.25. The Bertz CT molecular complexity index is 1120. The highest BCUT2D eigenvalue weighted by molar-refractivity contribution is 7.16. The maximum Gasteiger partial charge on any atom is 0.340 e. The normalized spacial score (nSPS) is 10.8. The molecular formula is C21H24N4O4S. The third-order valence-corrected chi connectivity index (χ3v) is 5.58. The van der Waals surface area contributed by atoms with Crippen molar-refractivity contribution in [2.75, 3.05) is 19.0 Å². The van der Waals surface area contributed by atoms with Crippen LogP contribution in [0, 0.1) is 20.8 Å². The molecule has 0 radical (unpaired) electrons. The Hall–Kier alpha value is -3.20. The van der Waals surface area contributed by atoms with E-state index in [1.54, 1.807) is 17.4 Å². The van der Waals surface area contributed by atoms with Crippen molar-refractivity contribution in [3.05, 3.63) is 51.8 Å². The lowest BCUT2D eigenvalue weighted by molar-refractivity contribution is -0.116. The summed E-state index contributed by atoms with van der Waals surface area (Å²) in [6.07, 6.45) is 2.49. The molecule has 30 heavy (non-hydrogen) atoms. The van der Waals surface area contributed by atoms with Gasteiger partial charge in [0, 0.05) is 24.0 Å². The molecule has 3 aromatic heterocycles. The molecule has 3 rings (SSSR count). The van der Waals surface area contributed by atoms with E-state index in [9.17, 15) is 14.4 Å². The Kier molecular flexibility index (Phi) is 6.51. The minimum absolute atomic E-state index is 0.211. The maximum atomic E-state index is 12.6. The zero-order chi connectivity index (χ0) is 21.8. The minimum atomic E-state index is -0.486. The van der Waals surface area contributed by atoms with Crippen LogP contribution in [0.15, 0.2) is 24.4 Å². The first-order chi connectivity index (χ1) is 14.3. The lowest BCUT2D eigenvalue weighted by atomic mass is 10.2. The second kappa shape index (κ2) is 9.08. The van der Waals surface area contributed by atoms with Gasteiger partial charge in [-0.2, -0.15) is 0 Å². The Labute approximate surface area is 178 Å². The molecule has 0 saturated heterocycles. The average molecular weight is 429 g/mol. The fourth-order valence-corrected chi connectivity index (χ4v) is 4.10. The van der Waals surface area contributed by atoms with Gasteiger partial charge >= 0.3 is 5.97 Å². The highest BCUT2D eigenvalue weighted by Gasteiger charge is 2.18. The number of ether oxygens (including phenoxy) is 1. The lowest BCUT2D eigenvalue weighted by Gasteiger charge is -2.07. The summed E-state index contributed by atoms with van der Waals surface area (Å²) in [6.45, 7) is 5.95. The maximum absolute atomic E-state index is 12.6. The Morgan fingerprint density at radius 1 is 1.23 bits per heavy atom. The SMILES string of the molecule is COC(=O)c1cc(C)sc1NC(=O)CCCNC(=O)c1c(C)nc2c(C)cccn12. The van der Waals surface area contributed by atoms with E-state index >= 15 is 0 Å². The van der Waals surface area contributed by atoms with Gasteiger partial charge in [0.25, 0.3) is 5.91 Å². The number of amides is 2. The number of esters is 1. The Morgan fingerprint density at radius 3 is 2.73 bits per heavy atom. The van der Waals surface area contributed by atoms with Crippen LogP contribution in [-0.2, 0) is 9.53 Å². The van der Waals surface area contributed by atoms with Gasteiger partial charge in [0.15, 0.2) is 0 Å². The fraction of sp³-hybridized carbons (Fsp3) is 0.333. The first-order valence-electron chi connectivity index (χ1n) is 9.53. The summed E-state index contributed by atoms with van der Waals surface area (Å²) in [4.78, 5) is 42.0. The van der Waals surface area contributed by atoms with Crippen LogP contribution in [0.4, 0.5) is 5.00 Å². The van der Waals surface area contributed by atoms with Crippen molar-refractivity contribution in [2.45, 2.75) is 33.6 Å². The summed E-state index contributed by atoms with van der Waals surface area (Å²) >= 11 is 1.32. The number of methoxy groups -OCH3 is 1. The van der Waals surface area contributed by atoms with Gasteiger partial charge in [-0.25, -0.2) is 9.78 Å². The summed E-state index contributed by atoms with van der Waals surface area (Å²) in [5.74, 6) is -0.939. The number of nitrogens with one attached hydrogen (secondary N) is 2. The van der Waals surface area contributed by atoms with Crippen LogP contribution in [-0.4, -0.2) is 40.8 Å². The summed E-state index contributed by atoms with van der Waals surface area (Å²) in [7, 11) is 1.30. The summed E-state index contributed by atoms with van der Waals surface area (Å²) < 4.78 is 6.52. The molecule has 0 atom stereocenters. The molecule has 3 aromatic rings. The molecular weight excluding hydrogens is 404 g/mol. The molecule has 0 unspecified atom stereocenters. The van der Waals surface area contributed by atoms with Crippen LogP contribution in [0.2, 0.25) is 0 Å². The number of fused-ring (bicyclic) bond motifs is 1. The van der Waals surface area contributed by atoms with Crippen molar-refractivity contribution < 1.29 is 19.1 Å². The van der Waals surface area contributed by atoms with Crippen molar-refractivity contribution in [1.82, 2.24) is 14.7 Å². The predicted molar refractivity (Wildman–Crippen MR) is 115 cm³/mol. The van der Waals surface area contributed by atoms with Gasteiger partial charge in [0.1, 0.15) is 16.3 Å². The van der Waals surface area contributed by atoms with Gasteiger partial charge in [-0.15, -0.1) is 11.3 Å². The number of rotatable bonds is 7. The number of carbonyl (C=O) groups excluding carboxylic acids is 3. The van der Waals surface area contributed by atoms with Crippen LogP contribution in [0.3, 0.4) is 0 Å². The number of nitrogens with zero attached hydrogens (tertiary/aromatic N) is 2. The van der Waals surface area contributed by atoms with Gasteiger partial charge in [0.2, 0.25) is 5.91 Å². The third-order valence-electron chi connectivity index (χ3n) is 4.61. The van der Waals surface area contributed by atoms with E-state index in [-0.39, 0.29) is 18.2 Å². The quantitative estimate of drug-likeness (QED) is 0.444. The van der Waals surface area contributed by atoms with Crippen molar-refractivity contribution in [3.8, 4) is 0 Å². The van der Waals surface area contributed by atoms with Crippen LogP contribution >= 0.6 is 11.3 Å². The number of pyridine rings is 1. The van der Waals surface area contributed by atoms with E-state index in [0.717, 1.165) is 16.1 Å². The van der Waals surface area contributed by atoms with E-state index in [1.807, 2.05) is 32.2 Å². The highest BCUT2D eigenvalue weighted by atomic mass is 32.1. The van der Waals surface area contributed by atoms with Crippen molar-refractivity contribution >= 4 is 39.8 Å². The first kappa shape index (κ1) is 21.5. The third kappa shape index (κ3) is 4.51. The van der Waals surface area contributed by atoms with Gasteiger partial charge in [-0.05, 0) is 44.9 Å². The number of thiophene rings is 1. The molecule has 0 aliphatic rings. The Morgan fingerprint density at radius 2 is 2.00 bits per heavy atom. The van der Waals surface area contributed by atoms with E-state index in [2.05, 4.69) is 15.6 Å². The number of anilines is 1. The zero-order valence-electron chi connectivity index (χ0n) is 17.4. The standard InChI is InChI=1S/C21H24N4O4S/c1-12-7-6-10-25-17(14(3)23-18(12)25)19(27)22-9-5-8-16(26)24-20-15(21(28)29-4)11-13(2)30-20/h6-7,10-11H,5,8-9H2,1-4H3,(H,22,27)(H,24,26). The van der Waals surface area contributed by atoms with E-state index < -0.39 is 5.97 Å². The highest BCUT2D eigenvalue weighted by Crippen LogP contribution is 2.28. The lowest BCUT2D eigenvalue weighted by Crippen LogP contribution is -2.27. The molecule has 2 N–H and O–H groups in total. The topological polar surface area (TPSA) is 102 Å². The molecule has 0 aliphatic heterocycles. The molecule has 0 saturated carbocycles. The van der Waals surface area contributed by atoms with Crippen molar-refractivity contribution in [3.63, 3.8) is 0 Å². The van der Waals surface area contributed by atoms with Crippen LogP contribution < -0.4 is 10.6 Å². The number of carbonyl (C=O) groups is 3. The largest absolute Gasteiger partial charge is 0.465 e. The number of hydrogen-bond acceptors (Lipinski definition) is 6. The molecule has 158 valence electrons. The summed E-state index contributed by atoms with van der Waals surface area (Å²) in [6, 6.07) is 5.51. The predicted octanol–water partition coefficient (Wildman–Crippen LogP) is 3.26. The zero-order valence-corrected chi connectivity index (χ0v) is 18.2. The minimum Gasteiger partial charge on any atom is -0.465 e. The fourth-order valence-electron chi connectivity index (χ4n) is 3.18. The number of imidazole rings is 1. The van der Waals surface area contributed by atoms with Gasteiger partial charge < -0.3 is 15.4 Å². The molecule has 0 bridgehead atoms. The van der Waals surface area contributed by atoms with Gasteiger partial charge in [0.05, 0.1) is 18.4 Å². The average Bonchev–Trinajstić information content (AvgIpc) is 3.24. The molecule has 3 heterocycles. The van der Waals surface area contributed by atoms with Crippen molar-refractivity contribution in [2.24, 2.45) is 0 Å². The van der Waals surface area contributed by atoms with Crippen molar-refractivity contribution in [1.29, 1.82) is 0 Å². The monoisotopic (exact) mass is 428 g/mol. The van der Waals surface area contributed by atoms with E-state index in [1.165, 1.54) is 18.4 Å². The van der Waals surface area contributed by atoms with Crippen LogP contribution in [0.5, 0.6) is 0 Å². The number of hydrogen-bond donors (Lipinski definition) is 2. The van der Waals surface area contributed by atoms with E-state index in [0.29, 0.717) is 34.9 Å². The summed E-state index contributed by atoms with van der Waals surface area (Å²) in [5, 5.41) is 6.08. The molecule has 2 amide bonds. The second-order valence-electron chi connectivity index (χ2n) is 6.93. The number of aromatic nitrogens is 2. The Balaban J connectivity index is 1.54. The number of aryl methyl sites for hydroxylation is 3. The molecule has 8 nitrogen and oxygen atoms in total. The molecule has 0 fully saturated rings. The molecule has 9 heteroatoms. The van der Waals surface area contributed by atoms with Gasteiger partial charge in [-0.1, -0.05) is 6.07 Å². The second-order valence-corrected chi connectivity index (χ2v) is 8.19.